The molecule has 0 radical (unpaired) electrons. The van der Waals surface area contributed by atoms with Crippen molar-refractivity contribution in [2.75, 3.05) is 26.4 Å². The summed E-state index contributed by atoms with van der Waals surface area (Å²) in [7, 11) is -4.62. The third-order valence-electron chi connectivity index (χ3n) is 10.6. The van der Waals surface area contributed by atoms with Crippen LogP contribution < -0.4 is 5.73 Å². The Morgan fingerprint density at radius 3 is 1.36 bits per heavy atom. The molecular formula is C50H92NO9P. The summed E-state index contributed by atoms with van der Waals surface area (Å²) in [6.45, 7) is 3.86. The molecule has 0 aliphatic carbocycles. The molecular weight excluding hydrogens is 790 g/mol. The number of carbonyl (C=O) groups is 2. The Hall–Kier alpha value is -2.07. The van der Waals surface area contributed by atoms with Gasteiger partial charge in [0.1, 0.15) is 12.1 Å². The molecule has 0 saturated carbocycles. The summed E-state index contributed by atoms with van der Waals surface area (Å²) in [6, 6.07) is -1.48. The predicted molar refractivity (Wildman–Crippen MR) is 254 cm³/mol. The normalized spacial score (nSPS) is 14.2. The quantitative estimate of drug-likeness (QED) is 0.0233. The number of allylic oxidation sites excluding steroid dienone is 8. The van der Waals surface area contributed by atoms with Crippen molar-refractivity contribution in [2.45, 2.75) is 231 Å². The first-order valence-electron chi connectivity index (χ1n) is 24.7. The van der Waals surface area contributed by atoms with Gasteiger partial charge in [-0.1, -0.05) is 184 Å². The third-order valence-corrected chi connectivity index (χ3v) is 11.5. The van der Waals surface area contributed by atoms with Gasteiger partial charge in [0, 0.05) is 13.0 Å². The highest BCUT2D eigenvalue weighted by atomic mass is 31.2. The van der Waals surface area contributed by atoms with Crippen molar-refractivity contribution in [3.05, 3.63) is 48.6 Å². The molecule has 4 N–H and O–H groups in total. The van der Waals surface area contributed by atoms with Crippen LogP contribution in [0, 0.1) is 0 Å². The molecule has 11 heteroatoms. The second kappa shape index (κ2) is 45.9. The van der Waals surface area contributed by atoms with Crippen LogP contribution >= 0.6 is 7.82 Å². The zero-order chi connectivity index (χ0) is 44.8. The standard InChI is InChI=1S/C50H92NO9P/c1-3-5-7-9-11-13-15-17-19-21-22-23-24-25-26-27-28-30-32-34-36-38-40-42-49(52)60-47(45-58-61(55,56)59-46-48(51)50(53)54)44-57-43-41-39-37-35-33-31-29-20-18-16-14-12-10-8-6-4-2/h15,17-18,20-22,24-25,47-48H,3-14,16,19,23,26-46,51H2,1-2H3,(H,53,54)(H,55,56)/b17-15-,20-18-,22-21-,25-24-. The fraction of sp³-hybridized carbons (Fsp3) is 0.800. The first-order valence-corrected chi connectivity index (χ1v) is 26.2. The molecule has 0 aliphatic rings. The number of carbonyl (C=O) groups excluding carboxylic acids is 1. The Balaban J connectivity index is 4.18. The molecule has 0 bridgehead atoms. The van der Waals surface area contributed by atoms with Gasteiger partial charge >= 0.3 is 19.8 Å². The zero-order valence-electron chi connectivity index (χ0n) is 39.0. The van der Waals surface area contributed by atoms with Crippen LogP contribution in [0.3, 0.4) is 0 Å². The van der Waals surface area contributed by atoms with Crippen molar-refractivity contribution in [1.29, 1.82) is 0 Å². The Morgan fingerprint density at radius 1 is 0.525 bits per heavy atom. The molecule has 356 valence electrons. The number of hydrogen-bond acceptors (Lipinski definition) is 8. The number of phosphoric acid groups is 1. The summed E-state index contributed by atoms with van der Waals surface area (Å²) < 4.78 is 33.4. The van der Waals surface area contributed by atoms with Crippen LogP contribution in [0.1, 0.15) is 219 Å². The Kier molecular flexibility index (Phi) is 44.4. The second-order valence-corrected chi connectivity index (χ2v) is 18.0. The molecule has 0 saturated heterocycles. The number of nitrogens with two attached hydrogens (primary N) is 1. The number of carboxylic acids is 1. The maximum atomic E-state index is 12.7. The number of aliphatic carboxylic acids is 1. The topological polar surface area (TPSA) is 155 Å². The van der Waals surface area contributed by atoms with Gasteiger partial charge < -0.3 is 25.2 Å². The Labute approximate surface area is 373 Å². The van der Waals surface area contributed by atoms with Crippen LogP contribution in [-0.2, 0) is 32.7 Å². The average molecular weight is 882 g/mol. The molecule has 0 heterocycles. The van der Waals surface area contributed by atoms with Gasteiger partial charge in [0.15, 0.2) is 0 Å². The smallest absolute Gasteiger partial charge is 0.472 e. The van der Waals surface area contributed by atoms with E-state index in [2.05, 4.69) is 62.5 Å². The lowest BCUT2D eigenvalue weighted by molar-refractivity contribution is -0.154. The van der Waals surface area contributed by atoms with Crippen molar-refractivity contribution < 1.29 is 42.7 Å². The highest BCUT2D eigenvalue weighted by molar-refractivity contribution is 7.47. The van der Waals surface area contributed by atoms with E-state index in [1.54, 1.807) is 0 Å². The van der Waals surface area contributed by atoms with E-state index in [-0.39, 0.29) is 13.0 Å². The van der Waals surface area contributed by atoms with E-state index in [9.17, 15) is 19.0 Å². The van der Waals surface area contributed by atoms with Gasteiger partial charge in [-0.15, -0.1) is 0 Å². The second-order valence-electron chi connectivity index (χ2n) is 16.6. The lowest BCUT2D eigenvalue weighted by atomic mass is 10.1. The number of hydrogen-bond donors (Lipinski definition) is 3. The maximum Gasteiger partial charge on any atom is 0.472 e. The van der Waals surface area contributed by atoms with Crippen LogP contribution in [0.25, 0.3) is 0 Å². The summed E-state index contributed by atoms with van der Waals surface area (Å²) in [5.41, 5.74) is 5.37. The molecule has 3 unspecified atom stereocenters. The Morgan fingerprint density at radius 2 is 0.902 bits per heavy atom. The van der Waals surface area contributed by atoms with Crippen molar-refractivity contribution in [2.24, 2.45) is 5.73 Å². The monoisotopic (exact) mass is 882 g/mol. The van der Waals surface area contributed by atoms with E-state index in [4.69, 9.17) is 29.4 Å². The van der Waals surface area contributed by atoms with E-state index in [1.165, 1.54) is 128 Å². The largest absolute Gasteiger partial charge is 0.480 e. The van der Waals surface area contributed by atoms with Crippen molar-refractivity contribution in [3.8, 4) is 0 Å². The van der Waals surface area contributed by atoms with E-state index >= 15 is 0 Å². The molecule has 0 spiro atoms. The molecule has 10 nitrogen and oxygen atoms in total. The number of carboxylic acid groups (broad SMARTS) is 1. The minimum atomic E-state index is -4.62. The molecule has 0 fully saturated rings. The number of ether oxygens (including phenoxy) is 2. The lowest BCUT2D eigenvalue weighted by Crippen LogP contribution is -2.34. The molecule has 3 atom stereocenters. The van der Waals surface area contributed by atoms with Crippen molar-refractivity contribution in [1.82, 2.24) is 0 Å². The maximum absolute atomic E-state index is 12.7. The van der Waals surface area contributed by atoms with Gasteiger partial charge in [-0.3, -0.25) is 18.6 Å². The Bertz CT molecular complexity index is 1160. The highest BCUT2D eigenvalue weighted by Gasteiger charge is 2.27. The van der Waals surface area contributed by atoms with Gasteiger partial charge in [-0.25, -0.2) is 4.57 Å². The van der Waals surface area contributed by atoms with E-state index in [0.29, 0.717) is 13.0 Å². The van der Waals surface area contributed by atoms with Gasteiger partial charge in [0.25, 0.3) is 0 Å². The first kappa shape index (κ1) is 58.9. The van der Waals surface area contributed by atoms with Gasteiger partial charge in [0.2, 0.25) is 0 Å². The third kappa shape index (κ3) is 45.8. The zero-order valence-corrected chi connectivity index (χ0v) is 39.9. The predicted octanol–water partition coefficient (Wildman–Crippen LogP) is 14.2. The summed E-state index contributed by atoms with van der Waals surface area (Å²) in [6.07, 6.45) is 54.5. The summed E-state index contributed by atoms with van der Waals surface area (Å²) in [5.74, 6) is -1.79. The SMILES string of the molecule is CCCCCCC/C=C\C/C=C\C/C=C\CCCCCCCCCCC(=O)OC(COCCCCCCCC/C=C\CCCCCCCC)COP(=O)(O)OCC(N)C(=O)O. The van der Waals surface area contributed by atoms with E-state index in [0.717, 1.165) is 64.2 Å². The van der Waals surface area contributed by atoms with Crippen LogP contribution in [-0.4, -0.2) is 60.5 Å². The van der Waals surface area contributed by atoms with Gasteiger partial charge in [-0.2, -0.15) is 0 Å². The van der Waals surface area contributed by atoms with Gasteiger partial charge in [-0.05, 0) is 77.0 Å². The highest BCUT2D eigenvalue weighted by Crippen LogP contribution is 2.43. The van der Waals surface area contributed by atoms with Crippen LogP contribution in [0.2, 0.25) is 0 Å². The van der Waals surface area contributed by atoms with Crippen LogP contribution in [0.5, 0.6) is 0 Å². The summed E-state index contributed by atoms with van der Waals surface area (Å²) in [4.78, 5) is 33.6. The fourth-order valence-electron chi connectivity index (χ4n) is 6.72. The van der Waals surface area contributed by atoms with Gasteiger partial charge in [0.05, 0.1) is 19.8 Å². The number of unbranched alkanes of at least 4 members (excludes halogenated alkanes) is 25. The van der Waals surface area contributed by atoms with E-state index < -0.39 is 45.1 Å². The molecule has 61 heavy (non-hydrogen) atoms. The van der Waals surface area contributed by atoms with Crippen LogP contribution in [0.4, 0.5) is 0 Å². The minimum Gasteiger partial charge on any atom is -0.480 e. The minimum absolute atomic E-state index is 0.00944. The molecule has 0 aliphatic heterocycles. The van der Waals surface area contributed by atoms with Crippen molar-refractivity contribution in [3.63, 3.8) is 0 Å². The first-order chi connectivity index (χ1) is 29.7. The number of rotatable bonds is 47. The molecule has 0 aromatic rings. The van der Waals surface area contributed by atoms with Crippen molar-refractivity contribution >= 4 is 19.8 Å². The summed E-state index contributed by atoms with van der Waals surface area (Å²) >= 11 is 0. The summed E-state index contributed by atoms with van der Waals surface area (Å²) in [5, 5.41) is 8.92. The molecule has 0 rings (SSSR count). The van der Waals surface area contributed by atoms with Crippen LogP contribution in [0.15, 0.2) is 48.6 Å². The molecule has 0 amide bonds. The number of esters is 1. The number of phosphoric ester groups is 1. The lowest BCUT2D eigenvalue weighted by Gasteiger charge is -2.20. The molecule has 0 aromatic heterocycles. The average Bonchev–Trinajstić information content (AvgIpc) is 3.24. The fourth-order valence-corrected chi connectivity index (χ4v) is 7.50. The van der Waals surface area contributed by atoms with E-state index in [1.807, 2.05) is 0 Å². The molecule has 0 aromatic carbocycles.